The summed E-state index contributed by atoms with van der Waals surface area (Å²) in [6, 6.07) is 3.95. The first kappa shape index (κ1) is 12.8. The fourth-order valence-electron chi connectivity index (χ4n) is 2.22. The molecule has 1 aromatic rings. The van der Waals surface area contributed by atoms with E-state index in [0.29, 0.717) is 10.8 Å². The van der Waals surface area contributed by atoms with E-state index in [4.69, 9.17) is 22.1 Å². The number of halogens is 1. The van der Waals surface area contributed by atoms with Gasteiger partial charge in [-0.25, -0.2) is 0 Å². The molecule has 0 unspecified atom stereocenters. The van der Waals surface area contributed by atoms with E-state index in [1.807, 2.05) is 12.1 Å². The Morgan fingerprint density at radius 1 is 1.26 bits per heavy atom. The second-order valence-electron chi connectivity index (χ2n) is 6.00. The van der Waals surface area contributed by atoms with Crippen molar-refractivity contribution in [2.75, 3.05) is 7.11 Å². The topological polar surface area (TPSA) is 35.2 Å². The fraction of sp³-hybridized carbons (Fsp3) is 0.500. The summed E-state index contributed by atoms with van der Waals surface area (Å²) < 4.78 is 5.29. The highest BCUT2D eigenvalue weighted by atomic mass is 35.5. The quantitative estimate of drug-likeness (QED) is 0.841. The SMILES string of the molecule is COc1cc(C#CC2(N)CC2)c(C2(C)CC2)cc1Cl. The third-order valence-corrected chi connectivity index (χ3v) is 4.47. The standard InChI is InChI=1S/C16H18ClNO/c1-15(5-6-15)12-10-13(17)14(19-2)9-11(12)3-4-16(18)7-8-16/h9-10H,5-8,18H2,1-2H3. The molecule has 0 atom stereocenters. The van der Waals surface area contributed by atoms with E-state index in [2.05, 4.69) is 18.8 Å². The van der Waals surface area contributed by atoms with Crippen molar-refractivity contribution < 1.29 is 4.74 Å². The average Bonchev–Trinajstić information content (AvgIpc) is 3.29. The number of ether oxygens (including phenoxy) is 1. The lowest BCUT2D eigenvalue weighted by Crippen LogP contribution is -2.18. The molecule has 19 heavy (non-hydrogen) atoms. The van der Waals surface area contributed by atoms with Gasteiger partial charge in [0.05, 0.1) is 17.7 Å². The van der Waals surface area contributed by atoms with Crippen LogP contribution < -0.4 is 10.5 Å². The summed E-state index contributed by atoms with van der Waals surface area (Å²) in [6.07, 6.45) is 4.38. The molecule has 2 fully saturated rings. The summed E-state index contributed by atoms with van der Waals surface area (Å²) in [5, 5.41) is 0.657. The van der Waals surface area contributed by atoms with Crippen LogP contribution in [-0.2, 0) is 5.41 Å². The van der Waals surface area contributed by atoms with Gasteiger partial charge in [-0.05, 0) is 48.8 Å². The Labute approximate surface area is 119 Å². The largest absolute Gasteiger partial charge is 0.495 e. The zero-order valence-electron chi connectivity index (χ0n) is 11.3. The van der Waals surface area contributed by atoms with E-state index in [1.54, 1.807) is 7.11 Å². The lowest BCUT2D eigenvalue weighted by Gasteiger charge is -2.14. The molecule has 0 bridgehead atoms. The van der Waals surface area contributed by atoms with Gasteiger partial charge in [0.2, 0.25) is 0 Å². The van der Waals surface area contributed by atoms with E-state index >= 15 is 0 Å². The zero-order valence-corrected chi connectivity index (χ0v) is 12.1. The van der Waals surface area contributed by atoms with Crippen molar-refractivity contribution in [1.29, 1.82) is 0 Å². The lowest BCUT2D eigenvalue weighted by molar-refractivity contribution is 0.414. The van der Waals surface area contributed by atoms with Gasteiger partial charge in [0.25, 0.3) is 0 Å². The van der Waals surface area contributed by atoms with E-state index in [0.717, 1.165) is 18.4 Å². The van der Waals surface area contributed by atoms with Crippen molar-refractivity contribution in [2.24, 2.45) is 5.73 Å². The monoisotopic (exact) mass is 275 g/mol. The zero-order chi connectivity index (χ0) is 13.7. The molecular formula is C16H18ClNO. The summed E-state index contributed by atoms with van der Waals surface area (Å²) in [5.74, 6) is 7.12. The predicted octanol–water partition coefficient (Wildman–Crippen LogP) is 3.24. The predicted molar refractivity (Wildman–Crippen MR) is 77.6 cm³/mol. The third-order valence-electron chi connectivity index (χ3n) is 4.18. The number of hydrogen-bond acceptors (Lipinski definition) is 2. The maximum atomic E-state index is 6.24. The molecular weight excluding hydrogens is 258 g/mol. The minimum Gasteiger partial charge on any atom is -0.495 e. The van der Waals surface area contributed by atoms with E-state index in [1.165, 1.54) is 18.4 Å². The summed E-state index contributed by atoms with van der Waals surface area (Å²) in [7, 11) is 1.63. The van der Waals surface area contributed by atoms with Gasteiger partial charge in [0.15, 0.2) is 0 Å². The molecule has 0 spiro atoms. The molecule has 0 aliphatic heterocycles. The number of rotatable bonds is 2. The van der Waals surface area contributed by atoms with Crippen molar-refractivity contribution in [3.05, 3.63) is 28.3 Å². The van der Waals surface area contributed by atoms with Gasteiger partial charge in [-0.1, -0.05) is 30.4 Å². The lowest BCUT2D eigenvalue weighted by atomic mass is 9.93. The van der Waals surface area contributed by atoms with Crippen LogP contribution in [0.2, 0.25) is 5.02 Å². The molecule has 2 aliphatic rings. The minimum absolute atomic E-state index is 0.227. The van der Waals surface area contributed by atoms with Gasteiger partial charge in [-0.3, -0.25) is 0 Å². The number of hydrogen-bond donors (Lipinski definition) is 1. The van der Waals surface area contributed by atoms with Gasteiger partial charge in [0, 0.05) is 5.56 Å². The van der Waals surface area contributed by atoms with Gasteiger partial charge in [-0.15, -0.1) is 0 Å². The Morgan fingerprint density at radius 3 is 2.47 bits per heavy atom. The Morgan fingerprint density at radius 2 is 1.95 bits per heavy atom. The maximum absolute atomic E-state index is 6.24. The van der Waals surface area contributed by atoms with Gasteiger partial charge < -0.3 is 10.5 Å². The van der Waals surface area contributed by atoms with Crippen molar-refractivity contribution in [3.63, 3.8) is 0 Å². The minimum atomic E-state index is -0.255. The fourth-order valence-corrected chi connectivity index (χ4v) is 2.46. The highest BCUT2D eigenvalue weighted by Gasteiger charge is 2.41. The summed E-state index contributed by atoms with van der Waals surface area (Å²) >= 11 is 6.24. The van der Waals surface area contributed by atoms with Crippen molar-refractivity contribution >= 4 is 11.6 Å². The Bertz CT molecular complexity index is 589. The van der Waals surface area contributed by atoms with Crippen LogP contribution in [0.4, 0.5) is 0 Å². The smallest absolute Gasteiger partial charge is 0.138 e. The van der Waals surface area contributed by atoms with Gasteiger partial charge in [0.1, 0.15) is 5.75 Å². The van der Waals surface area contributed by atoms with Crippen LogP contribution in [0.15, 0.2) is 12.1 Å². The molecule has 2 N–H and O–H groups in total. The normalized spacial score (nSPS) is 21.3. The first-order valence-electron chi connectivity index (χ1n) is 6.66. The van der Waals surface area contributed by atoms with Crippen molar-refractivity contribution in [3.8, 4) is 17.6 Å². The van der Waals surface area contributed by atoms with E-state index in [-0.39, 0.29) is 11.0 Å². The molecule has 0 amide bonds. The van der Waals surface area contributed by atoms with Crippen LogP contribution in [0.5, 0.6) is 5.75 Å². The van der Waals surface area contributed by atoms with Gasteiger partial charge >= 0.3 is 0 Å². The number of nitrogens with two attached hydrogens (primary N) is 1. The highest BCUT2D eigenvalue weighted by molar-refractivity contribution is 6.32. The third kappa shape index (κ3) is 2.45. The summed E-state index contributed by atoms with van der Waals surface area (Å²) in [5.41, 5.74) is 8.25. The molecule has 0 saturated heterocycles. The molecule has 0 heterocycles. The molecule has 2 nitrogen and oxygen atoms in total. The number of methoxy groups -OCH3 is 1. The van der Waals surface area contributed by atoms with E-state index < -0.39 is 0 Å². The van der Waals surface area contributed by atoms with Crippen molar-refractivity contribution in [2.45, 2.75) is 43.6 Å². The van der Waals surface area contributed by atoms with Crippen LogP contribution in [0.3, 0.4) is 0 Å². The van der Waals surface area contributed by atoms with Crippen LogP contribution in [0.25, 0.3) is 0 Å². The van der Waals surface area contributed by atoms with Crippen LogP contribution in [0.1, 0.15) is 43.7 Å². The Hall–Kier alpha value is -1.17. The van der Waals surface area contributed by atoms with Crippen LogP contribution >= 0.6 is 11.6 Å². The first-order chi connectivity index (χ1) is 8.96. The molecule has 3 rings (SSSR count). The Balaban J connectivity index is 2.06. The molecule has 0 radical (unpaired) electrons. The summed E-state index contributed by atoms with van der Waals surface area (Å²) in [6.45, 7) is 2.26. The molecule has 1 aromatic carbocycles. The summed E-state index contributed by atoms with van der Waals surface area (Å²) in [4.78, 5) is 0. The molecule has 0 aromatic heterocycles. The van der Waals surface area contributed by atoms with Crippen LogP contribution in [-0.4, -0.2) is 12.6 Å². The average molecular weight is 276 g/mol. The van der Waals surface area contributed by atoms with Crippen molar-refractivity contribution in [1.82, 2.24) is 0 Å². The number of benzene rings is 1. The molecule has 2 saturated carbocycles. The molecule has 100 valence electrons. The second kappa shape index (κ2) is 4.16. The molecule has 3 heteroatoms. The highest BCUT2D eigenvalue weighted by Crippen LogP contribution is 2.50. The van der Waals surface area contributed by atoms with Crippen LogP contribution in [0, 0.1) is 11.8 Å². The Kier molecular flexibility index (Phi) is 2.81. The van der Waals surface area contributed by atoms with E-state index in [9.17, 15) is 0 Å². The van der Waals surface area contributed by atoms with Gasteiger partial charge in [-0.2, -0.15) is 0 Å². The second-order valence-corrected chi connectivity index (χ2v) is 6.41. The first-order valence-corrected chi connectivity index (χ1v) is 7.04. The molecule has 2 aliphatic carbocycles. The maximum Gasteiger partial charge on any atom is 0.138 e.